The van der Waals surface area contributed by atoms with E-state index in [4.69, 9.17) is 9.97 Å². The van der Waals surface area contributed by atoms with Crippen LogP contribution in [0.4, 0.5) is 0 Å². The van der Waals surface area contributed by atoms with Crippen molar-refractivity contribution in [2.45, 2.75) is 6.54 Å². The summed E-state index contributed by atoms with van der Waals surface area (Å²) in [6.07, 6.45) is 7.49. The third-order valence-corrected chi connectivity index (χ3v) is 5.66. The first-order valence-electron chi connectivity index (χ1n) is 10.2. The number of aromatic nitrogens is 5. The van der Waals surface area contributed by atoms with Crippen LogP contribution in [0.1, 0.15) is 5.56 Å². The predicted octanol–water partition coefficient (Wildman–Crippen LogP) is 1.89. The molecule has 152 valence electrons. The summed E-state index contributed by atoms with van der Waals surface area (Å²) in [5.41, 5.74) is 6.37. The maximum Gasteiger partial charge on any atom is 0.488 e. The monoisotopic (exact) mass is 418 g/mol. The van der Waals surface area contributed by atoms with E-state index in [0.29, 0.717) is 12.0 Å². The highest BCUT2D eigenvalue weighted by molar-refractivity contribution is 6.58. The Bertz CT molecular complexity index is 1640. The van der Waals surface area contributed by atoms with E-state index in [1.165, 1.54) is 0 Å². The summed E-state index contributed by atoms with van der Waals surface area (Å²) < 4.78 is 2.04. The lowest BCUT2D eigenvalue weighted by atomic mass is 9.80. The molecule has 7 nitrogen and oxygen atoms in total. The lowest BCUT2D eigenvalue weighted by Crippen LogP contribution is -2.34. The zero-order valence-electron chi connectivity index (χ0n) is 16.9. The Morgan fingerprint density at radius 1 is 0.719 bits per heavy atom. The number of pyridine rings is 3. The summed E-state index contributed by atoms with van der Waals surface area (Å²) in [6.45, 7) is 0.626. The minimum Gasteiger partial charge on any atom is -0.423 e. The van der Waals surface area contributed by atoms with Gasteiger partial charge < -0.3 is 10.0 Å². The fraction of sp³-hybridized carbons (Fsp3) is 0.0417. The summed E-state index contributed by atoms with van der Waals surface area (Å²) in [5.74, 6) is 0. The minimum atomic E-state index is -1.46. The van der Waals surface area contributed by atoms with Crippen molar-refractivity contribution < 1.29 is 14.6 Å². The average Bonchev–Trinajstić information content (AvgIpc) is 2.83. The molecule has 32 heavy (non-hydrogen) atoms. The largest absolute Gasteiger partial charge is 0.488 e. The summed E-state index contributed by atoms with van der Waals surface area (Å²) in [4.78, 5) is 19.0. The van der Waals surface area contributed by atoms with E-state index in [0.717, 1.165) is 49.4 Å². The van der Waals surface area contributed by atoms with Crippen molar-refractivity contribution in [3.05, 3.63) is 84.9 Å². The number of nitrogens with zero attached hydrogens (tertiary/aromatic N) is 5. The van der Waals surface area contributed by atoms with Crippen molar-refractivity contribution >= 4 is 56.5 Å². The van der Waals surface area contributed by atoms with Gasteiger partial charge in [-0.25, -0.2) is 9.97 Å². The molecule has 4 heterocycles. The SMILES string of the molecule is OB(O)c1ccc(C[n+]2ccc3nc4c5cccnc5c5ncccc5c4nc3c2)cc1. The van der Waals surface area contributed by atoms with E-state index in [-0.39, 0.29) is 0 Å². The van der Waals surface area contributed by atoms with Gasteiger partial charge in [0.1, 0.15) is 5.52 Å². The Labute approximate surface area is 182 Å². The molecule has 0 radical (unpaired) electrons. The third kappa shape index (κ3) is 3.05. The molecule has 0 unspecified atom stereocenters. The molecule has 6 aromatic rings. The van der Waals surface area contributed by atoms with Crippen molar-refractivity contribution in [3.63, 3.8) is 0 Å². The van der Waals surface area contributed by atoms with E-state index in [1.54, 1.807) is 24.5 Å². The molecule has 0 amide bonds. The fourth-order valence-electron chi connectivity index (χ4n) is 4.10. The molecule has 0 aliphatic carbocycles. The van der Waals surface area contributed by atoms with Gasteiger partial charge >= 0.3 is 7.12 Å². The van der Waals surface area contributed by atoms with E-state index < -0.39 is 7.12 Å². The second-order valence-electron chi connectivity index (χ2n) is 7.72. The molecular weight excluding hydrogens is 401 g/mol. The first-order valence-corrected chi connectivity index (χ1v) is 10.2. The first-order chi connectivity index (χ1) is 15.7. The van der Waals surface area contributed by atoms with Gasteiger partial charge in [-0.15, -0.1) is 0 Å². The van der Waals surface area contributed by atoms with Gasteiger partial charge in [-0.1, -0.05) is 24.3 Å². The van der Waals surface area contributed by atoms with Crippen LogP contribution in [0.15, 0.2) is 79.4 Å². The smallest absolute Gasteiger partial charge is 0.423 e. The zero-order valence-corrected chi connectivity index (χ0v) is 16.9. The van der Waals surface area contributed by atoms with Crippen LogP contribution in [0.5, 0.6) is 0 Å². The van der Waals surface area contributed by atoms with E-state index in [9.17, 15) is 10.0 Å². The van der Waals surface area contributed by atoms with Gasteiger partial charge in [-0.05, 0) is 29.7 Å². The highest BCUT2D eigenvalue weighted by Gasteiger charge is 2.16. The Hall–Kier alpha value is -4.01. The van der Waals surface area contributed by atoms with Crippen molar-refractivity contribution in [1.82, 2.24) is 19.9 Å². The predicted molar refractivity (Wildman–Crippen MR) is 123 cm³/mol. The summed E-state index contributed by atoms with van der Waals surface area (Å²) >= 11 is 0. The first kappa shape index (κ1) is 18.7. The van der Waals surface area contributed by atoms with Gasteiger partial charge in [0.15, 0.2) is 24.5 Å². The highest BCUT2D eigenvalue weighted by Crippen LogP contribution is 2.31. The van der Waals surface area contributed by atoms with Gasteiger partial charge in [0, 0.05) is 34.8 Å². The molecular formula is C24H17BN5O2+. The summed E-state index contributed by atoms with van der Waals surface area (Å²) in [5, 5.41) is 20.4. The molecule has 0 spiro atoms. The van der Waals surface area contributed by atoms with Crippen LogP contribution in [0.3, 0.4) is 0 Å². The van der Waals surface area contributed by atoms with Gasteiger partial charge in [0.2, 0.25) is 0 Å². The normalized spacial score (nSPS) is 11.6. The molecule has 0 fully saturated rings. The number of fused-ring (bicyclic) bond motifs is 7. The highest BCUT2D eigenvalue weighted by atomic mass is 16.4. The van der Waals surface area contributed by atoms with Crippen LogP contribution in [0.2, 0.25) is 0 Å². The van der Waals surface area contributed by atoms with E-state index in [2.05, 4.69) is 9.97 Å². The summed E-state index contributed by atoms with van der Waals surface area (Å²) in [6, 6.07) is 17.0. The van der Waals surface area contributed by atoms with Crippen LogP contribution < -0.4 is 10.0 Å². The summed E-state index contributed by atoms with van der Waals surface area (Å²) in [7, 11) is -1.46. The Balaban J connectivity index is 1.52. The molecule has 0 bridgehead atoms. The second-order valence-corrected chi connectivity index (χ2v) is 7.72. The van der Waals surface area contributed by atoms with E-state index >= 15 is 0 Å². The maximum absolute atomic E-state index is 9.28. The minimum absolute atomic E-state index is 0.469. The zero-order chi connectivity index (χ0) is 21.7. The van der Waals surface area contributed by atoms with Gasteiger partial charge in [0.25, 0.3) is 0 Å². The van der Waals surface area contributed by atoms with Crippen molar-refractivity contribution in [2.75, 3.05) is 0 Å². The third-order valence-electron chi connectivity index (χ3n) is 5.66. The number of hydrogen-bond donors (Lipinski definition) is 2. The van der Waals surface area contributed by atoms with Gasteiger partial charge in [0.05, 0.1) is 22.1 Å². The quantitative estimate of drug-likeness (QED) is 0.197. The molecule has 2 aromatic carbocycles. The van der Waals surface area contributed by atoms with Crippen LogP contribution >= 0.6 is 0 Å². The molecule has 8 heteroatoms. The molecule has 6 rings (SSSR count). The molecule has 0 saturated heterocycles. The Kier molecular flexibility index (Phi) is 4.27. The maximum atomic E-state index is 9.28. The van der Waals surface area contributed by atoms with E-state index in [1.807, 2.05) is 59.4 Å². The van der Waals surface area contributed by atoms with Crippen molar-refractivity contribution in [1.29, 1.82) is 0 Å². The average molecular weight is 418 g/mol. The second kappa shape index (κ2) is 7.30. The molecule has 0 atom stereocenters. The number of hydrogen-bond acceptors (Lipinski definition) is 6. The van der Waals surface area contributed by atoms with Crippen LogP contribution in [0, 0.1) is 0 Å². The van der Waals surface area contributed by atoms with Crippen LogP contribution in [0.25, 0.3) is 43.9 Å². The Morgan fingerprint density at radius 3 is 1.97 bits per heavy atom. The molecule has 4 aromatic heterocycles. The van der Waals surface area contributed by atoms with Crippen molar-refractivity contribution in [2.24, 2.45) is 0 Å². The lowest BCUT2D eigenvalue weighted by molar-refractivity contribution is -0.687. The van der Waals surface area contributed by atoms with Gasteiger partial charge in [-0.3, -0.25) is 9.97 Å². The number of benzene rings is 2. The van der Waals surface area contributed by atoms with Crippen LogP contribution in [-0.2, 0) is 6.54 Å². The standard InChI is InChI=1S/C24H17BN5O2/c31-25(32)16-7-5-15(6-8-16)13-30-12-9-19-20(14-30)29-24-18-4-2-11-27-22(18)21-17(23(24)28-19)3-1-10-26-21/h1-12,14,31-32H,13H2/q+1. The fourth-order valence-corrected chi connectivity index (χ4v) is 4.10. The van der Waals surface area contributed by atoms with Gasteiger partial charge in [-0.2, -0.15) is 4.57 Å². The molecule has 0 saturated carbocycles. The van der Waals surface area contributed by atoms with Crippen LogP contribution in [-0.4, -0.2) is 37.1 Å². The van der Waals surface area contributed by atoms with Crippen molar-refractivity contribution in [3.8, 4) is 0 Å². The molecule has 0 aliphatic rings. The topological polar surface area (TPSA) is 95.9 Å². The lowest BCUT2D eigenvalue weighted by Gasteiger charge is -2.08. The molecule has 2 N–H and O–H groups in total. The Morgan fingerprint density at radius 2 is 1.34 bits per heavy atom. The molecule has 0 aliphatic heterocycles. The number of rotatable bonds is 3.